The summed E-state index contributed by atoms with van der Waals surface area (Å²) in [6.07, 6.45) is -4.60. The molecule has 2 rings (SSSR count). The van der Waals surface area contributed by atoms with Crippen molar-refractivity contribution in [3.63, 3.8) is 0 Å². The number of hydrogen-bond donors (Lipinski definition) is 2. The largest absolute Gasteiger partial charge is 0.433 e. The van der Waals surface area contributed by atoms with Crippen LogP contribution in [0.25, 0.3) is 0 Å². The summed E-state index contributed by atoms with van der Waals surface area (Å²) in [6, 6.07) is 7.18. The van der Waals surface area contributed by atoms with E-state index in [4.69, 9.17) is 11.1 Å². The Hall–Kier alpha value is -2.09. The summed E-state index contributed by atoms with van der Waals surface area (Å²) in [7, 11) is 0. The number of nitrogens with zero attached hydrogens (tertiary/aromatic N) is 1. The summed E-state index contributed by atoms with van der Waals surface area (Å²) in [5.74, 6) is -0.925. The summed E-state index contributed by atoms with van der Waals surface area (Å²) in [4.78, 5) is 3.85. The van der Waals surface area contributed by atoms with E-state index in [0.29, 0.717) is 4.90 Å². The lowest BCUT2D eigenvalue weighted by Gasteiger charge is -2.11. The molecule has 110 valence electrons. The van der Waals surface area contributed by atoms with Crippen LogP contribution in [0.15, 0.2) is 46.3 Å². The van der Waals surface area contributed by atoms with Gasteiger partial charge in [-0.05, 0) is 30.3 Å². The standard InChI is InChI=1S/C13H9F4N3S/c14-7-2-1-3-8(6-7)21-12-9(11(18)19)4-5-10(20-12)13(15,16)17/h1-6H,(H3,18,19). The molecule has 0 aliphatic rings. The van der Waals surface area contributed by atoms with Gasteiger partial charge < -0.3 is 5.73 Å². The minimum Gasteiger partial charge on any atom is -0.384 e. The predicted octanol–water partition coefficient (Wildman–Crippen LogP) is 3.67. The number of aromatic nitrogens is 1. The molecule has 0 amide bonds. The molecule has 21 heavy (non-hydrogen) atoms. The van der Waals surface area contributed by atoms with E-state index in [1.807, 2.05) is 0 Å². The number of nitrogens with two attached hydrogens (primary N) is 1. The number of hydrogen-bond acceptors (Lipinski definition) is 3. The van der Waals surface area contributed by atoms with Gasteiger partial charge in [0.1, 0.15) is 22.4 Å². The van der Waals surface area contributed by atoms with Gasteiger partial charge in [-0.15, -0.1) is 0 Å². The number of nitrogen functional groups attached to an aromatic ring is 1. The Labute approximate surface area is 121 Å². The SMILES string of the molecule is N=C(N)c1ccc(C(F)(F)F)nc1Sc1cccc(F)c1. The normalized spacial score (nSPS) is 11.4. The van der Waals surface area contributed by atoms with Crippen LogP contribution >= 0.6 is 11.8 Å². The van der Waals surface area contributed by atoms with Crippen molar-refractivity contribution in [1.29, 1.82) is 5.41 Å². The molecule has 0 atom stereocenters. The average molecular weight is 315 g/mol. The monoisotopic (exact) mass is 315 g/mol. The first-order valence-electron chi connectivity index (χ1n) is 5.63. The van der Waals surface area contributed by atoms with Crippen molar-refractivity contribution in [2.45, 2.75) is 16.1 Å². The van der Waals surface area contributed by atoms with Gasteiger partial charge in [-0.1, -0.05) is 17.8 Å². The Bertz CT molecular complexity index is 685. The summed E-state index contributed by atoms with van der Waals surface area (Å²) in [6.45, 7) is 0. The molecule has 0 aliphatic heterocycles. The molecule has 2 aromatic rings. The molecule has 3 N–H and O–H groups in total. The second-order valence-electron chi connectivity index (χ2n) is 4.02. The quantitative estimate of drug-likeness (QED) is 0.516. The molecule has 0 saturated heterocycles. The lowest BCUT2D eigenvalue weighted by Crippen LogP contribution is -2.16. The molecule has 0 aliphatic carbocycles. The van der Waals surface area contributed by atoms with Gasteiger partial charge in [0.2, 0.25) is 0 Å². The van der Waals surface area contributed by atoms with Gasteiger partial charge in [-0.2, -0.15) is 13.2 Å². The molecular weight excluding hydrogens is 306 g/mol. The van der Waals surface area contributed by atoms with Gasteiger partial charge >= 0.3 is 6.18 Å². The molecule has 1 heterocycles. The lowest BCUT2D eigenvalue weighted by atomic mass is 10.2. The lowest BCUT2D eigenvalue weighted by molar-refractivity contribution is -0.141. The Kier molecular flexibility index (Phi) is 4.17. The maximum absolute atomic E-state index is 13.1. The molecular formula is C13H9F4N3S. The van der Waals surface area contributed by atoms with Gasteiger partial charge in [-0.25, -0.2) is 9.37 Å². The van der Waals surface area contributed by atoms with Crippen molar-refractivity contribution >= 4 is 17.6 Å². The minimum atomic E-state index is -4.60. The van der Waals surface area contributed by atoms with Crippen molar-refractivity contribution in [3.8, 4) is 0 Å². The molecule has 0 spiro atoms. The Morgan fingerprint density at radius 1 is 1.19 bits per heavy atom. The number of nitrogens with one attached hydrogen (secondary N) is 1. The summed E-state index contributed by atoms with van der Waals surface area (Å²) in [5.41, 5.74) is 4.31. The highest BCUT2D eigenvalue weighted by Crippen LogP contribution is 2.33. The molecule has 0 bridgehead atoms. The zero-order chi connectivity index (χ0) is 15.6. The Balaban J connectivity index is 2.46. The third kappa shape index (κ3) is 3.72. The average Bonchev–Trinajstić information content (AvgIpc) is 2.37. The van der Waals surface area contributed by atoms with E-state index in [0.717, 1.165) is 30.0 Å². The van der Waals surface area contributed by atoms with Gasteiger partial charge in [0, 0.05) is 10.5 Å². The van der Waals surface area contributed by atoms with Crippen molar-refractivity contribution in [2.75, 3.05) is 0 Å². The Morgan fingerprint density at radius 3 is 2.48 bits per heavy atom. The number of halogens is 4. The number of benzene rings is 1. The zero-order valence-electron chi connectivity index (χ0n) is 10.4. The number of amidine groups is 1. The van der Waals surface area contributed by atoms with Crippen molar-refractivity contribution < 1.29 is 17.6 Å². The van der Waals surface area contributed by atoms with Crippen LogP contribution in [0.4, 0.5) is 17.6 Å². The van der Waals surface area contributed by atoms with E-state index in [-0.39, 0.29) is 10.6 Å². The van der Waals surface area contributed by atoms with Gasteiger partial charge in [0.05, 0.1) is 0 Å². The Morgan fingerprint density at radius 2 is 1.90 bits per heavy atom. The minimum absolute atomic E-state index is 0.0669. The highest BCUT2D eigenvalue weighted by atomic mass is 32.2. The smallest absolute Gasteiger partial charge is 0.384 e. The number of pyridine rings is 1. The molecule has 0 fully saturated rings. The van der Waals surface area contributed by atoms with Crippen molar-refractivity contribution in [1.82, 2.24) is 4.98 Å². The van der Waals surface area contributed by atoms with E-state index in [1.54, 1.807) is 0 Å². The first kappa shape index (κ1) is 15.3. The zero-order valence-corrected chi connectivity index (χ0v) is 11.2. The number of rotatable bonds is 3. The third-order valence-corrected chi connectivity index (χ3v) is 3.45. The van der Waals surface area contributed by atoms with E-state index in [2.05, 4.69) is 4.98 Å². The maximum Gasteiger partial charge on any atom is 0.433 e. The topological polar surface area (TPSA) is 62.8 Å². The molecule has 0 unspecified atom stereocenters. The van der Waals surface area contributed by atoms with Crippen molar-refractivity contribution in [2.24, 2.45) is 5.73 Å². The van der Waals surface area contributed by atoms with E-state index >= 15 is 0 Å². The van der Waals surface area contributed by atoms with Crippen LogP contribution in [0, 0.1) is 11.2 Å². The molecule has 3 nitrogen and oxygen atoms in total. The van der Waals surface area contributed by atoms with Crippen LogP contribution in [0.5, 0.6) is 0 Å². The van der Waals surface area contributed by atoms with Gasteiger partial charge in [-0.3, -0.25) is 5.41 Å². The van der Waals surface area contributed by atoms with Crippen LogP contribution in [0.1, 0.15) is 11.3 Å². The van der Waals surface area contributed by atoms with Crippen molar-refractivity contribution in [3.05, 3.63) is 53.5 Å². The number of alkyl halides is 3. The molecule has 0 radical (unpaired) electrons. The van der Waals surface area contributed by atoms with E-state index < -0.39 is 23.5 Å². The molecule has 1 aromatic heterocycles. The highest BCUT2D eigenvalue weighted by molar-refractivity contribution is 7.99. The van der Waals surface area contributed by atoms with E-state index in [1.165, 1.54) is 18.2 Å². The van der Waals surface area contributed by atoms with Crippen LogP contribution in [-0.2, 0) is 6.18 Å². The van der Waals surface area contributed by atoms with Gasteiger partial charge in [0.15, 0.2) is 0 Å². The second-order valence-corrected chi connectivity index (χ2v) is 5.08. The second kappa shape index (κ2) is 5.72. The molecule has 1 aromatic carbocycles. The fourth-order valence-corrected chi connectivity index (χ4v) is 2.50. The van der Waals surface area contributed by atoms with Crippen LogP contribution in [-0.4, -0.2) is 10.8 Å². The fraction of sp³-hybridized carbons (Fsp3) is 0.0769. The first-order valence-corrected chi connectivity index (χ1v) is 6.45. The molecule has 0 saturated carbocycles. The van der Waals surface area contributed by atoms with E-state index in [9.17, 15) is 17.6 Å². The summed E-state index contributed by atoms with van der Waals surface area (Å²) in [5, 5.41) is 7.29. The van der Waals surface area contributed by atoms with Crippen LogP contribution in [0.2, 0.25) is 0 Å². The fourth-order valence-electron chi connectivity index (χ4n) is 1.52. The summed E-state index contributed by atoms with van der Waals surface area (Å²) < 4.78 is 51.2. The van der Waals surface area contributed by atoms with Crippen LogP contribution < -0.4 is 5.73 Å². The van der Waals surface area contributed by atoms with Gasteiger partial charge in [0.25, 0.3) is 0 Å². The summed E-state index contributed by atoms with van der Waals surface area (Å²) >= 11 is 0.815. The third-order valence-electron chi connectivity index (χ3n) is 2.45. The maximum atomic E-state index is 13.1. The highest BCUT2D eigenvalue weighted by Gasteiger charge is 2.33. The predicted molar refractivity (Wildman–Crippen MR) is 70.8 cm³/mol. The first-order chi connectivity index (χ1) is 9.77. The van der Waals surface area contributed by atoms with Crippen LogP contribution in [0.3, 0.4) is 0 Å². The molecule has 8 heteroatoms.